The van der Waals surface area contributed by atoms with E-state index in [0.29, 0.717) is 23.3 Å². The van der Waals surface area contributed by atoms with Crippen molar-refractivity contribution in [3.8, 4) is 0 Å². The number of carbonyl (C=O) groups is 1. The molecule has 0 aromatic rings. The van der Waals surface area contributed by atoms with E-state index in [1.165, 1.54) is 12.0 Å². The van der Waals surface area contributed by atoms with Crippen LogP contribution in [-0.4, -0.2) is 52.8 Å². The summed E-state index contributed by atoms with van der Waals surface area (Å²) in [4.78, 5) is 16.1. The fourth-order valence-electron chi connectivity index (χ4n) is 4.50. The molecule has 0 aromatic heterocycles. The molecule has 5 heteroatoms. The van der Waals surface area contributed by atoms with E-state index in [1.807, 2.05) is 6.08 Å². The molecule has 2 heterocycles. The number of nitrogens with zero attached hydrogens (tertiary/aromatic N) is 2. The zero-order chi connectivity index (χ0) is 21.2. The van der Waals surface area contributed by atoms with Crippen molar-refractivity contribution in [3.05, 3.63) is 35.2 Å². The summed E-state index contributed by atoms with van der Waals surface area (Å²) in [5.41, 5.74) is 3.35. The number of hydrogen-bond acceptors (Lipinski definition) is 4. The quantitative estimate of drug-likeness (QED) is 0.592. The van der Waals surface area contributed by atoms with E-state index in [2.05, 4.69) is 56.8 Å². The van der Waals surface area contributed by atoms with Crippen LogP contribution in [0.5, 0.6) is 0 Å². The van der Waals surface area contributed by atoms with Gasteiger partial charge in [-0.1, -0.05) is 38.8 Å². The number of rotatable bonds is 8. The van der Waals surface area contributed by atoms with Gasteiger partial charge in [-0.15, -0.1) is 0 Å². The third-order valence-corrected chi connectivity index (χ3v) is 6.54. The maximum Gasteiger partial charge on any atom is 0.331 e. The van der Waals surface area contributed by atoms with E-state index >= 15 is 0 Å². The molecule has 162 valence electrons. The molecule has 0 bridgehead atoms. The summed E-state index contributed by atoms with van der Waals surface area (Å²) in [5.74, 6) is -0.470. The summed E-state index contributed by atoms with van der Waals surface area (Å²) in [5, 5.41) is 9.26. The topological polar surface area (TPSA) is 56.3 Å². The molecule has 0 spiro atoms. The van der Waals surface area contributed by atoms with Gasteiger partial charge < -0.3 is 19.6 Å². The first-order chi connectivity index (χ1) is 13.6. The largest absolute Gasteiger partial charge is 0.478 e. The van der Waals surface area contributed by atoms with Crippen LogP contribution in [-0.2, 0) is 9.53 Å². The second kappa shape index (κ2) is 8.55. The lowest BCUT2D eigenvalue weighted by molar-refractivity contribution is -0.132. The summed E-state index contributed by atoms with van der Waals surface area (Å²) in [6.07, 6.45) is 11.3. The highest BCUT2D eigenvalue weighted by molar-refractivity contribution is 5.87. The Bertz CT molecular complexity index is 710. The molecule has 1 saturated heterocycles. The van der Waals surface area contributed by atoms with Crippen LogP contribution in [0, 0.1) is 11.3 Å². The standard InChI is InChI=1S/C24H38N2O3/c1-18-15-20(22(27)28)16-19(2)21(18)7-6-8-24(17-29-24)26-13-11-25(12-14-26)10-9-23(3,4)5/h11,13,15,19H,6-10,12,14,16-17H2,1-5H3,(H,27,28). The lowest BCUT2D eigenvalue weighted by Gasteiger charge is -2.36. The third kappa shape index (κ3) is 5.65. The van der Waals surface area contributed by atoms with Crippen molar-refractivity contribution in [1.82, 2.24) is 9.80 Å². The third-order valence-electron chi connectivity index (χ3n) is 6.54. The van der Waals surface area contributed by atoms with Gasteiger partial charge in [0.15, 0.2) is 5.72 Å². The molecule has 3 aliphatic rings. The normalized spacial score (nSPS) is 27.3. The van der Waals surface area contributed by atoms with Crippen LogP contribution in [0.2, 0.25) is 0 Å². The predicted molar refractivity (Wildman–Crippen MR) is 116 cm³/mol. The van der Waals surface area contributed by atoms with Crippen LogP contribution >= 0.6 is 0 Å². The Hall–Kier alpha value is -1.75. The number of aliphatic carboxylic acids is 1. The molecule has 0 radical (unpaired) electrons. The van der Waals surface area contributed by atoms with Gasteiger partial charge in [0.2, 0.25) is 0 Å². The molecule has 1 aliphatic carbocycles. The minimum Gasteiger partial charge on any atom is -0.478 e. The molecule has 1 fully saturated rings. The number of carboxylic acid groups (broad SMARTS) is 1. The van der Waals surface area contributed by atoms with E-state index in [-0.39, 0.29) is 5.72 Å². The molecule has 2 aliphatic heterocycles. The Morgan fingerprint density at radius 1 is 1.31 bits per heavy atom. The number of ether oxygens (including phenoxy) is 1. The first kappa shape index (κ1) is 21.9. The summed E-state index contributed by atoms with van der Waals surface area (Å²) in [6, 6.07) is 0. The minimum atomic E-state index is -0.783. The van der Waals surface area contributed by atoms with Crippen LogP contribution in [0.1, 0.15) is 66.7 Å². The zero-order valence-electron chi connectivity index (χ0n) is 18.8. The summed E-state index contributed by atoms with van der Waals surface area (Å²) in [7, 11) is 0. The van der Waals surface area contributed by atoms with Crippen molar-refractivity contribution < 1.29 is 14.6 Å². The number of allylic oxidation sites excluding steroid dienone is 3. The monoisotopic (exact) mass is 402 g/mol. The average Bonchev–Trinajstić information content (AvgIpc) is 3.43. The van der Waals surface area contributed by atoms with Gasteiger partial charge in [-0.25, -0.2) is 4.79 Å². The van der Waals surface area contributed by atoms with E-state index < -0.39 is 5.97 Å². The Kier molecular flexibility index (Phi) is 6.47. The highest BCUT2D eigenvalue weighted by Gasteiger charge is 2.49. The summed E-state index contributed by atoms with van der Waals surface area (Å²) in [6.45, 7) is 15.1. The summed E-state index contributed by atoms with van der Waals surface area (Å²) >= 11 is 0. The van der Waals surface area contributed by atoms with Crippen molar-refractivity contribution in [2.45, 2.75) is 72.4 Å². The molecule has 29 heavy (non-hydrogen) atoms. The zero-order valence-corrected chi connectivity index (χ0v) is 18.8. The molecular weight excluding hydrogens is 364 g/mol. The first-order valence-electron chi connectivity index (χ1n) is 11.1. The highest BCUT2D eigenvalue weighted by atomic mass is 16.6. The van der Waals surface area contributed by atoms with Crippen molar-refractivity contribution in [1.29, 1.82) is 0 Å². The molecule has 5 nitrogen and oxygen atoms in total. The van der Waals surface area contributed by atoms with Crippen molar-refractivity contribution >= 4 is 5.97 Å². The van der Waals surface area contributed by atoms with Gasteiger partial charge in [0.05, 0.1) is 6.61 Å². The Morgan fingerprint density at radius 3 is 2.55 bits per heavy atom. The van der Waals surface area contributed by atoms with Crippen molar-refractivity contribution in [3.63, 3.8) is 0 Å². The van der Waals surface area contributed by atoms with Gasteiger partial charge >= 0.3 is 5.97 Å². The van der Waals surface area contributed by atoms with Gasteiger partial charge in [-0.2, -0.15) is 0 Å². The Morgan fingerprint density at radius 2 is 2.03 bits per heavy atom. The fourth-order valence-corrected chi connectivity index (χ4v) is 4.50. The Labute approximate surface area is 176 Å². The minimum absolute atomic E-state index is 0.110. The van der Waals surface area contributed by atoms with Crippen molar-refractivity contribution in [2.75, 3.05) is 26.2 Å². The van der Waals surface area contributed by atoms with Gasteiger partial charge in [0.25, 0.3) is 0 Å². The van der Waals surface area contributed by atoms with Gasteiger partial charge in [0.1, 0.15) is 0 Å². The van der Waals surface area contributed by atoms with Crippen LogP contribution in [0.25, 0.3) is 0 Å². The lowest BCUT2D eigenvalue weighted by atomic mass is 9.82. The van der Waals surface area contributed by atoms with E-state index in [9.17, 15) is 9.90 Å². The molecule has 3 rings (SSSR count). The molecule has 2 unspecified atom stereocenters. The summed E-state index contributed by atoms with van der Waals surface area (Å²) < 4.78 is 5.93. The number of epoxide rings is 1. The molecular formula is C24H38N2O3. The molecule has 0 amide bonds. The van der Waals surface area contributed by atoms with E-state index in [0.717, 1.165) is 51.1 Å². The number of hydrogen-bond donors (Lipinski definition) is 1. The fraction of sp³-hybridized carbons (Fsp3) is 0.708. The molecule has 1 N–H and O–H groups in total. The van der Waals surface area contributed by atoms with E-state index in [4.69, 9.17) is 4.74 Å². The maximum atomic E-state index is 11.3. The highest BCUT2D eigenvalue weighted by Crippen LogP contribution is 2.40. The van der Waals surface area contributed by atoms with Crippen molar-refractivity contribution in [2.24, 2.45) is 11.3 Å². The van der Waals surface area contributed by atoms with Gasteiger partial charge in [-0.3, -0.25) is 0 Å². The van der Waals surface area contributed by atoms with Crippen LogP contribution in [0.3, 0.4) is 0 Å². The van der Waals surface area contributed by atoms with Gasteiger partial charge in [-0.05, 0) is 56.4 Å². The lowest BCUT2D eigenvalue weighted by Crippen LogP contribution is -2.43. The second-order valence-corrected chi connectivity index (χ2v) is 10.2. The SMILES string of the molecule is CC1=C(CCCC2(N3C=CN(CCC(C)(C)C)CC3)CO2)C(C)CC(C(=O)O)=C1. The predicted octanol–water partition coefficient (Wildman–Crippen LogP) is 4.78. The smallest absolute Gasteiger partial charge is 0.331 e. The Balaban J connectivity index is 1.50. The van der Waals surface area contributed by atoms with Crippen LogP contribution < -0.4 is 0 Å². The maximum absolute atomic E-state index is 11.3. The number of carboxylic acids is 1. The molecule has 0 aromatic carbocycles. The van der Waals surface area contributed by atoms with Crippen LogP contribution in [0.15, 0.2) is 35.2 Å². The van der Waals surface area contributed by atoms with E-state index in [1.54, 1.807) is 0 Å². The van der Waals surface area contributed by atoms with Gasteiger partial charge in [0, 0.05) is 37.6 Å². The molecule has 0 saturated carbocycles. The first-order valence-corrected chi connectivity index (χ1v) is 11.1. The van der Waals surface area contributed by atoms with Crippen LogP contribution in [0.4, 0.5) is 0 Å². The average molecular weight is 403 g/mol. The second-order valence-electron chi connectivity index (χ2n) is 10.2. The molecule has 2 atom stereocenters.